The van der Waals surface area contributed by atoms with Crippen LogP contribution in [0.25, 0.3) is 0 Å². The van der Waals surface area contributed by atoms with Crippen molar-refractivity contribution in [1.82, 2.24) is 5.32 Å². The number of benzene rings is 1. The lowest BCUT2D eigenvalue weighted by Gasteiger charge is -2.45. The topological polar surface area (TPSA) is 32.3 Å². The average molecular weight is 247 g/mol. The van der Waals surface area contributed by atoms with Gasteiger partial charge in [0.05, 0.1) is 12.1 Å². The van der Waals surface area contributed by atoms with E-state index in [2.05, 4.69) is 50.4 Å². The van der Waals surface area contributed by atoms with Crippen molar-refractivity contribution in [2.24, 2.45) is 0 Å². The molecule has 1 aliphatic rings. The van der Waals surface area contributed by atoms with Gasteiger partial charge in [0.15, 0.2) is 0 Å². The second kappa shape index (κ2) is 5.02. The molecule has 1 unspecified atom stereocenters. The first kappa shape index (κ1) is 13.6. The molecule has 2 rings (SSSR count). The van der Waals surface area contributed by atoms with Crippen molar-refractivity contribution in [2.45, 2.75) is 51.0 Å². The van der Waals surface area contributed by atoms with Crippen LogP contribution in [-0.4, -0.2) is 18.3 Å². The predicted molar refractivity (Wildman–Crippen MR) is 75.8 cm³/mol. The molecule has 1 aromatic carbocycles. The van der Waals surface area contributed by atoms with Crippen LogP contribution in [0.3, 0.4) is 0 Å². The maximum Gasteiger partial charge on any atom is 0.0672 e. The summed E-state index contributed by atoms with van der Waals surface area (Å²) in [7, 11) is 0. The predicted octanol–water partition coefficient (Wildman–Crippen LogP) is 2.95. The Morgan fingerprint density at radius 3 is 2.44 bits per heavy atom. The smallest absolute Gasteiger partial charge is 0.0672 e. The molecule has 0 fully saturated rings. The monoisotopic (exact) mass is 247 g/mol. The van der Waals surface area contributed by atoms with Crippen molar-refractivity contribution in [2.75, 3.05) is 13.2 Å². The Labute approximate surface area is 110 Å². The molecule has 0 bridgehead atoms. The third-order valence-corrected chi connectivity index (χ3v) is 4.33. The van der Waals surface area contributed by atoms with E-state index in [-0.39, 0.29) is 17.6 Å². The fourth-order valence-electron chi connectivity index (χ4n) is 3.05. The van der Waals surface area contributed by atoms with Crippen molar-refractivity contribution >= 4 is 0 Å². The molecule has 0 radical (unpaired) electrons. The van der Waals surface area contributed by atoms with E-state index in [9.17, 15) is 5.11 Å². The molecule has 18 heavy (non-hydrogen) atoms. The zero-order valence-electron chi connectivity index (χ0n) is 11.8. The molecule has 2 nitrogen and oxygen atoms in total. The summed E-state index contributed by atoms with van der Waals surface area (Å²) in [4.78, 5) is 0. The van der Waals surface area contributed by atoms with E-state index in [4.69, 9.17) is 0 Å². The molecular formula is C16H25NO. The summed E-state index contributed by atoms with van der Waals surface area (Å²) in [6.45, 7) is 7.89. The van der Waals surface area contributed by atoms with Crippen LogP contribution >= 0.6 is 0 Å². The maximum absolute atomic E-state index is 9.92. The Balaban J connectivity index is 2.45. The first-order valence-corrected chi connectivity index (χ1v) is 7.01. The second-order valence-electron chi connectivity index (χ2n) is 6.10. The highest BCUT2D eigenvalue weighted by Gasteiger charge is 2.41. The lowest BCUT2D eigenvalue weighted by molar-refractivity contribution is 0.128. The minimum atomic E-state index is -0.234. The number of aliphatic hydroxyl groups excluding tert-OH is 1. The Bertz CT molecular complexity index is 413. The summed E-state index contributed by atoms with van der Waals surface area (Å²) < 4.78 is 0. The quantitative estimate of drug-likeness (QED) is 0.857. The summed E-state index contributed by atoms with van der Waals surface area (Å²) in [6, 6.07) is 8.58. The fourth-order valence-corrected chi connectivity index (χ4v) is 3.05. The summed E-state index contributed by atoms with van der Waals surface area (Å²) in [5, 5.41) is 13.5. The van der Waals surface area contributed by atoms with Crippen molar-refractivity contribution < 1.29 is 5.11 Å². The van der Waals surface area contributed by atoms with Crippen LogP contribution in [0.2, 0.25) is 0 Å². The molecule has 1 aliphatic carbocycles. The van der Waals surface area contributed by atoms with Gasteiger partial charge in [0.25, 0.3) is 0 Å². The molecule has 100 valence electrons. The number of hydrogen-bond donors (Lipinski definition) is 2. The summed E-state index contributed by atoms with van der Waals surface area (Å²) in [6.07, 6.45) is 3.21. The molecule has 0 saturated carbocycles. The van der Waals surface area contributed by atoms with Crippen molar-refractivity contribution in [3.05, 3.63) is 35.4 Å². The zero-order chi connectivity index (χ0) is 13.2. The molecule has 0 aromatic heterocycles. The van der Waals surface area contributed by atoms with Crippen LogP contribution < -0.4 is 5.32 Å². The van der Waals surface area contributed by atoms with Gasteiger partial charge in [-0.2, -0.15) is 0 Å². The van der Waals surface area contributed by atoms with Crippen LogP contribution in [0, 0.1) is 0 Å². The van der Waals surface area contributed by atoms with E-state index < -0.39 is 0 Å². The molecule has 0 spiro atoms. The van der Waals surface area contributed by atoms with Gasteiger partial charge in [0.1, 0.15) is 0 Å². The van der Waals surface area contributed by atoms with Crippen LogP contribution in [0.1, 0.15) is 51.2 Å². The van der Waals surface area contributed by atoms with Crippen molar-refractivity contribution in [3.8, 4) is 0 Å². The van der Waals surface area contributed by atoms with Gasteiger partial charge < -0.3 is 10.4 Å². The summed E-state index contributed by atoms with van der Waals surface area (Å²) in [5.41, 5.74) is 2.65. The first-order valence-electron chi connectivity index (χ1n) is 7.01. The third kappa shape index (κ3) is 2.19. The lowest BCUT2D eigenvalue weighted by Crippen LogP contribution is -2.50. The van der Waals surface area contributed by atoms with E-state index >= 15 is 0 Å². The van der Waals surface area contributed by atoms with Crippen LogP contribution in [-0.2, 0) is 11.0 Å². The fraction of sp³-hybridized carbons (Fsp3) is 0.625. The molecule has 1 aromatic rings. The van der Waals surface area contributed by atoms with E-state index in [1.165, 1.54) is 11.1 Å². The largest absolute Gasteiger partial charge is 0.394 e. The Hall–Kier alpha value is -0.860. The van der Waals surface area contributed by atoms with E-state index in [0.29, 0.717) is 0 Å². The van der Waals surface area contributed by atoms with Gasteiger partial charge in [-0.25, -0.2) is 0 Å². The van der Waals surface area contributed by atoms with Crippen molar-refractivity contribution in [3.63, 3.8) is 0 Å². The van der Waals surface area contributed by atoms with Gasteiger partial charge in [0, 0.05) is 0 Å². The molecule has 1 atom stereocenters. The number of hydrogen-bond acceptors (Lipinski definition) is 2. The number of rotatable bonds is 4. The number of fused-ring (bicyclic) bond motifs is 1. The highest BCUT2D eigenvalue weighted by atomic mass is 16.3. The van der Waals surface area contributed by atoms with E-state index in [1.54, 1.807) is 0 Å². The molecule has 2 heteroatoms. The number of nitrogens with one attached hydrogen (secondary N) is 1. The minimum Gasteiger partial charge on any atom is -0.394 e. The van der Waals surface area contributed by atoms with Gasteiger partial charge in [-0.15, -0.1) is 0 Å². The highest BCUT2D eigenvalue weighted by molar-refractivity contribution is 5.41. The standard InChI is InChI=1S/C16H25NO/c1-4-11-17-16(12-18)10-9-15(2,3)13-7-5-6-8-14(13)16/h5-8,17-18H,4,9-12H2,1-3H3. The van der Waals surface area contributed by atoms with Gasteiger partial charge in [-0.3, -0.25) is 0 Å². The Morgan fingerprint density at radius 2 is 1.83 bits per heavy atom. The minimum absolute atomic E-state index is 0.181. The summed E-state index contributed by atoms with van der Waals surface area (Å²) in [5.74, 6) is 0. The van der Waals surface area contributed by atoms with E-state index in [0.717, 1.165) is 25.8 Å². The summed E-state index contributed by atoms with van der Waals surface area (Å²) >= 11 is 0. The Morgan fingerprint density at radius 1 is 1.17 bits per heavy atom. The van der Waals surface area contributed by atoms with Gasteiger partial charge in [-0.05, 0) is 42.3 Å². The highest BCUT2D eigenvalue weighted by Crippen LogP contribution is 2.44. The first-order chi connectivity index (χ1) is 8.56. The van der Waals surface area contributed by atoms with Crippen LogP contribution in [0.4, 0.5) is 0 Å². The van der Waals surface area contributed by atoms with Crippen LogP contribution in [0.5, 0.6) is 0 Å². The zero-order valence-corrected chi connectivity index (χ0v) is 11.8. The number of aliphatic hydroxyl groups is 1. The lowest BCUT2D eigenvalue weighted by atomic mass is 9.65. The molecule has 0 heterocycles. The van der Waals surface area contributed by atoms with Gasteiger partial charge in [0.2, 0.25) is 0 Å². The molecule has 0 amide bonds. The van der Waals surface area contributed by atoms with Gasteiger partial charge >= 0.3 is 0 Å². The normalized spacial score (nSPS) is 25.8. The maximum atomic E-state index is 9.92. The third-order valence-electron chi connectivity index (χ3n) is 4.33. The Kier molecular flexibility index (Phi) is 3.79. The van der Waals surface area contributed by atoms with Crippen LogP contribution in [0.15, 0.2) is 24.3 Å². The molecule has 0 aliphatic heterocycles. The van der Waals surface area contributed by atoms with E-state index in [1.807, 2.05) is 0 Å². The average Bonchev–Trinajstić information content (AvgIpc) is 2.39. The molecule has 0 saturated heterocycles. The molecular weight excluding hydrogens is 222 g/mol. The molecule has 2 N–H and O–H groups in total. The SMILES string of the molecule is CCCNC1(CO)CCC(C)(C)c2ccccc21. The van der Waals surface area contributed by atoms with Gasteiger partial charge in [-0.1, -0.05) is 45.0 Å². The van der Waals surface area contributed by atoms with Crippen molar-refractivity contribution in [1.29, 1.82) is 0 Å². The second-order valence-corrected chi connectivity index (χ2v) is 6.10.